The average Bonchev–Trinajstić information content (AvgIpc) is 2.79. The molecule has 0 saturated carbocycles. The average molecular weight is 292 g/mol. The molecule has 5 heteroatoms. The SMILES string of the molecule is CCc1cc2c(NC(C)CCC(C)C)nc(N)nc2s1. The predicted molar refractivity (Wildman–Crippen MR) is 88.4 cm³/mol. The third-order valence-corrected chi connectivity index (χ3v) is 4.54. The molecular formula is C15H24N4S. The van der Waals surface area contributed by atoms with Gasteiger partial charge in [0.05, 0.1) is 5.39 Å². The number of nitrogens with zero attached hydrogens (tertiary/aromatic N) is 2. The molecule has 0 aliphatic rings. The van der Waals surface area contributed by atoms with Crippen molar-refractivity contribution in [1.29, 1.82) is 0 Å². The number of aromatic nitrogens is 2. The number of nitrogen functional groups attached to an aromatic ring is 1. The third kappa shape index (κ3) is 3.60. The van der Waals surface area contributed by atoms with Crippen LogP contribution in [-0.4, -0.2) is 16.0 Å². The summed E-state index contributed by atoms with van der Waals surface area (Å²) in [5, 5.41) is 4.59. The molecule has 4 nitrogen and oxygen atoms in total. The Balaban J connectivity index is 2.21. The van der Waals surface area contributed by atoms with Crippen molar-refractivity contribution >= 4 is 33.3 Å². The van der Waals surface area contributed by atoms with Crippen LogP contribution in [0.1, 0.15) is 45.4 Å². The molecule has 0 radical (unpaired) electrons. The molecule has 0 bridgehead atoms. The standard InChI is InChI=1S/C15H24N4S/c1-5-11-8-12-13(17-10(4)7-6-9(2)3)18-15(16)19-14(12)20-11/h8-10H,5-7H2,1-4H3,(H3,16,17,18,19). The Labute approximate surface area is 124 Å². The highest BCUT2D eigenvalue weighted by atomic mass is 32.1. The highest BCUT2D eigenvalue weighted by Crippen LogP contribution is 2.30. The molecule has 2 aromatic rings. The maximum absolute atomic E-state index is 5.82. The summed E-state index contributed by atoms with van der Waals surface area (Å²) in [6.45, 7) is 8.85. The monoisotopic (exact) mass is 292 g/mol. The van der Waals surface area contributed by atoms with Crippen LogP contribution in [0.15, 0.2) is 6.07 Å². The first kappa shape index (κ1) is 15.0. The molecular weight excluding hydrogens is 268 g/mol. The normalized spacial score (nSPS) is 13.1. The molecule has 110 valence electrons. The Kier molecular flexibility index (Phi) is 4.81. The van der Waals surface area contributed by atoms with Crippen molar-refractivity contribution in [2.24, 2.45) is 5.92 Å². The highest BCUT2D eigenvalue weighted by Gasteiger charge is 2.12. The van der Waals surface area contributed by atoms with E-state index in [1.165, 1.54) is 11.3 Å². The Bertz CT molecular complexity index is 577. The number of fused-ring (bicyclic) bond motifs is 1. The van der Waals surface area contributed by atoms with Crippen molar-refractivity contribution in [2.45, 2.75) is 53.0 Å². The number of rotatable bonds is 6. The zero-order chi connectivity index (χ0) is 14.7. The number of thiophene rings is 1. The smallest absolute Gasteiger partial charge is 0.223 e. The molecule has 1 unspecified atom stereocenters. The fourth-order valence-electron chi connectivity index (χ4n) is 2.16. The first-order chi connectivity index (χ1) is 9.49. The minimum atomic E-state index is 0.348. The van der Waals surface area contributed by atoms with E-state index in [2.05, 4.69) is 49.0 Å². The number of aryl methyl sites for hydroxylation is 1. The van der Waals surface area contributed by atoms with Gasteiger partial charge >= 0.3 is 0 Å². The van der Waals surface area contributed by atoms with Crippen LogP contribution in [0, 0.1) is 5.92 Å². The summed E-state index contributed by atoms with van der Waals surface area (Å²) in [4.78, 5) is 11.0. The van der Waals surface area contributed by atoms with E-state index in [9.17, 15) is 0 Å². The van der Waals surface area contributed by atoms with E-state index in [0.717, 1.165) is 34.8 Å². The summed E-state index contributed by atoms with van der Waals surface area (Å²) in [5.74, 6) is 1.95. The van der Waals surface area contributed by atoms with E-state index in [1.54, 1.807) is 11.3 Å². The van der Waals surface area contributed by atoms with Gasteiger partial charge in [0.1, 0.15) is 10.6 Å². The summed E-state index contributed by atoms with van der Waals surface area (Å²) >= 11 is 1.70. The van der Waals surface area contributed by atoms with Gasteiger partial charge in [0, 0.05) is 10.9 Å². The Morgan fingerprint density at radius 1 is 1.25 bits per heavy atom. The topological polar surface area (TPSA) is 63.8 Å². The molecule has 0 aliphatic carbocycles. The second kappa shape index (κ2) is 6.39. The van der Waals surface area contributed by atoms with Crippen LogP contribution >= 0.6 is 11.3 Å². The number of hydrogen-bond donors (Lipinski definition) is 2. The van der Waals surface area contributed by atoms with Crippen LogP contribution in [0.4, 0.5) is 11.8 Å². The molecule has 0 aromatic carbocycles. The van der Waals surface area contributed by atoms with E-state index < -0.39 is 0 Å². The van der Waals surface area contributed by atoms with E-state index >= 15 is 0 Å². The summed E-state index contributed by atoms with van der Waals surface area (Å²) in [5.41, 5.74) is 5.82. The molecule has 0 saturated heterocycles. The quantitative estimate of drug-likeness (QED) is 0.842. The second-order valence-electron chi connectivity index (χ2n) is 5.73. The van der Waals surface area contributed by atoms with Gasteiger partial charge in [-0.05, 0) is 38.2 Å². The second-order valence-corrected chi connectivity index (χ2v) is 6.85. The lowest BCUT2D eigenvalue weighted by Gasteiger charge is -2.16. The maximum Gasteiger partial charge on any atom is 0.223 e. The van der Waals surface area contributed by atoms with Crippen LogP contribution in [0.3, 0.4) is 0 Å². The molecule has 2 heterocycles. The Morgan fingerprint density at radius 2 is 2.00 bits per heavy atom. The first-order valence-corrected chi connectivity index (χ1v) is 8.13. The minimum Gasteiger partial charge on any atom is -0.368 e. The maximum atomic E-state index is 5.82. The highest BCUT2D eigenvalue weighted by molar-refractivity contribution is 7.18. The van der Waals surface area contributed by atoms with Gasteiger partial charge in [0.2, 0.25) is 5.95 Å². The molecule has 0 amide bonds. The number of nitrogens with two attached hydrogens (primary N) is 1. The molecule has 1 atom stereocenters. The van der Waals surface area contributed by atoms with Crippen molar-refractivity contribution in [1.82, 2.24) is 9.97 Å². The van der Waals surface area contributed by atoms with Crippen LogP contribution in [0.2, 0.25) is 0 Å². The molecule has 3 N–H and O–H groups in total. The lowest BCUT2D eigenvalue weighted by Crippen LogP contribution is -2.17. The molecule has 0 spiro atoms. The van der Waals surface area contributed by atoms with Gasteiger partial charge in [-0.25, -0.2) is 4.98 Å². The predicted octanol–water partition coefficient (Wildman–Crippen LogP) is 4.07. The van der Waals surface area contributed by atoms with Gasteiger partial charge in [-0.1, -0.05) is 20.8 Å². The number of hydrogen-bond acceptors (Lipinski definition) is 5. The molecule has 20 heavy (non-hydrogen) atoms. The lowest BCUT2D eigenvalue weighted by molar-refractivity contribution is 0.527. The lowest BCUT2D eigenvalue weighted by atomic mass is 10.0. The fraction of sp³-hybridized carbons (Fsp3) is 0.600. The van der Waals surface area contributed by atoms with Crippen molar-refractivity contribution in [2.75, 3.05) is 11.1 Å². The summed E-state index contributed by atoms with van der Waals surface area (Å²) < 4.78 is 0. The van der Waals surface area contributed by atoms with Gasteiger partial charge in [0.25, 0.3) is 0 Å². The van der Waals surface area contributed by atoms with Crippen LogP contribution in [0.5, 0.6) is 0 Å². The number of anilines is 2. The van der Waals surface area contributed by atoms with Crippen LogP contribution in [0.25, 0.3) is 10.2 Å². The summed E-state index contributed by atoms with van der Waals surface area (Å²) in [7, 11) is 0. The van der Waals surface area contributed by atoms with E-state index in [0.29, 0.717) is 12.0 Å². The number of nitrogens with one attached hydrogen (secondary N) is 1. The largest absolute Gasteiger partial charge is 0.368 e. The van der Waals surface area contributed by atoms with Crippen molar-refractivity contribution in [3.05, 3.63) is 10.9 Å². The Hall–Kier alpha value is -1.36. The molecule has 2 rings (SSSR count). The van der Waals surface area contributed by atoms with Gasteiger partial charge in [0.15, 0.2) is 0 Å². The van der Waals surface area contributed by atoms with Crippen molar-refractivity contribution < 1.29 is 0 Å². The van der Waals surface area contributed by atoms with E-state index in [4.69, 9.17) is 5.73 Å². The summed E-state index contributed by atoms with van der Waals surface area (Å²) in [6.07, 6.45) is 3.36. The van der Waals surface area contributed by atoms with Gasteiger partial charge in [-0.3, -0.25) is 0 Å². The first-order valence-electron chi connectivity index (χ1n) is 7.32. The zero-order valence-corrected chi connectivity index (χ0v) is 13.5. The van der Waals surface area contributed by atoms with E-state index in [-0.39, 0.29) is 0 Å². The van der Waals surface area contributed by atoms with Gasteiger partial charge in [-0.2, -0.15) is 4.98 Å². The zero-order valence-electron chi connectivity index (χ0n) is 12.7. The van der Waals surface area contributed by atoms with Crippen molar-refractivity contribution in [3.63, 3.8) is 0 Å². The van der Waals surface area contributed by atoms with Crippen molar-refractivity contribution in [3.8, 4) is 0 Å². The van der Waals surface area contributed by atoms with Gasteiger partial charge in [-0.15, -0.1) is 11.3 Å². The van der Waals surface area contributed by atoms with Crippen LogP contribution in [-0.2, 0) is 6.42 Å². The fourth-order valence-corrected chi connectivity index (χ4v) is 3.14. The molecule has 2 aromatic heterocycles. The molecule has 0 aliphatic heterocycles. The summed E-state index contributed by atoms with van der Waals surface area (Å²) in [6, 6.07) is 2.57. The van der Waals surface area contributed by atoms with Gasteiger partial charge < -0.3 is 11.1 Å². The minimum absolute atomic E-state index is 0.348. The molecule has 0 fully saturated rings. The third-order valence-electron chi connectivity index (χ3n) is 3.37. The Morgan fingerprint density at radius 3 is 2.65 bits per heavy atom. The van der Waals surface area contributed by atoms with Crippen LogP contribution < -0.4 is 11.1 Å². The van der Waals surface area contributed by atoms with E-state index in [1.807, 2.05) is 0 Å².